The van der Waals surface area contributed by atoms with Crippen molar-refractivity contribution in [2.45, 2.75) is 6.92 Å². The molecule has 0 aliphatic rings. The monoisotopic (exact) mass is 311 g/mol. The van der Waals surface area contributed by atoms with E-state index >= 15 is 0 Å². The van der Waals surface area contributed by atoms with Crippen molar-refractivity contribution in [2.24, 2.45) is 0 Å². The zero-order chi connectivity index (χ0) is 15.6. The number of halogens is 1. The topological polar surface area (TPSA) is 62.3 Å². The van der Waals surface area contributed by atoms with Gasteiger partial charge in [0.15, 0.2) is 0 Å². The summed E-state index contributed by atoms with van der Waals surface area (Å²) in [6.45, 7) is 2.63. The molecule has 1 N–H and O–H groups in total. The highest BCUT2D eigenvalue weighted by Gasteiger charge is 2.10. The van der Waals surface area contributed by atoms with E-state index in [1.165, 1.54) is 12.1 Å². The highest BCUT2D eigenvalue weighted by atomic mass is 32.2. The van der Waals surface area contributed by atoms with Crippen molar-refractivity contribution < 1.29 is 12.8 Å². The second kappa shape index (κ2) is 5.95. The number of aromatic nitrogens is 1. The molecule has 1 heterocycles. The van der Waals surface area contributed by atoms with Crippen molar-refractivity contribution in [1.29, 1.82) is 0 Å². The Balaban J connectivity index is 2.29. The van der Waals surface area contributed by atoms with Crippen molar-refractivity contribution in [1.82, 2.24) is 9.71 Å². The van der Waals surface area contributed by atoms with Gasteiger partial charge in [0.25, 0.3) is 0 Å². The average Bonchev–Trinajstić information content (AvgIpc) is 2.36. The second-order valence-corrected chi connectivity index (χ2v) is 6.87. The third-order valence-corrected chi connectivity index (χ3v) is 3.83. The van der Waals surface area contributed by atoms with Crippen LogP contribution in [0.15, 0.2) is 24.3 Å². The van der Waals surface area contributed by atoms with E-state index in [9.17, 15) is 12.8 Å². The van der Waals surface area contributed by atoms with Crippen molar-refractivity contribution in [3.63, 3.8) is 0 Å². The van der Waals surface area contributed by atoms with Gasteiger partial charge in [0.05, 0.1) is 11.8 Å². The predicted octanol–water partition coefficient (Wildman–Crippen LogP) is 1.67. The highest BCUT2D eigenvalue weighted by molar-refractivity contribution is 7.88. The number of benzene rings is 1. The summed E-state index contributed by atoms with van der Waals surface area (Å²) >= 11 is 0. The molecule has 0 fully saturated rings. The Labute approximate surface area is 123 Å². The van der Waals surface area contributed by atoms with Gasteiger partial charge in [-0.05, 0) is 31.2 Å². The molecule has 114 valence electrons. The van der Waals surface area contributed by atoms with Gasteiger partial charge in [0, 0.05) is 36.9 Å². The Morgan fingerprint density at radius 1 is 1.33 bits per heavy atom. The van der Waals surface area contributed by atoms with E-state index in [2.05, 4.69) is 9.71 Å². The fraction of sp³-hybridized carbons (Fsp3) is 0.357. The number of sulfonamides is 1. The summed E-state index contributed by atoms with van der Waals surface area (Å²) < 4.78 is 38.0. The van der Waals surface area contributed by atoms with Gasteiger partial charge in [0.2, 0.25) is 10.0 Å². The molecule has 0 bridgehead atoms. The molecule has 0 amide bonds. The first-order valence-electron chi connectivity index (χ1n) is 6.49. The molecule has 2 rings (SSSR count). The van der Waals surface area contributed by atoms with E-state index in [0.717, 1.165) is 17.6 Å². The molecule has 0 aliphatic carbocycles. The quantitative estimate of drug-likeness (QED) is 0.912. The van der Waals surface area contributed by atoms with Gasteiger partial charge < -0.3 is 4.90 Å². The molecule has 0 unspecified atom stereocenters. The molecule has 1 aromatic heterocycles. The first-order chi connectivity index (χ1) is 9.76. The van der Waals surface area contributed by atoms with Gasteiger partial charge in [-0.2, -0.15) is 0 Å². The van der Waals surface area contributed by atoms with Crippen LogP contribution in [0.4, 0.5) is 10.1 Å². The minimum Gasteiger partial charge on any atom is -0.373 e. The fourth-order valence-corrected chi connectivity index (χ4v) is 2.61. The van der Waals surface area contributed by atoms with Crippen molar-refractivity contribution >= 4 is 26.6 Å². The minimum atomic E-state index is -3.21. The van der Waals surface area contributed by atoms with E-state index in [1.807, 2.05) is 24.9 Å². The van der Waals surface area contributed by atoms with Gasteiger partial charge in [-0.3, -0.25) is 4.98 Å². The van der Waals surface area contributed by atoms with Gasteiger partial charge in [-0.15, -0.1) is 0 Å². The van der Waals surface area contributed by atoms with Crippen LogP contribution in [0.1, 0.15) is 5.69 Å². The number of anilines is 1. The lowest BCUT2D eigenvalue weighted by Gasteiger charge is -2.21. The summed E-state index contributed by atoms with van der Waals surface area (Å²) in [5.41, 5.74) is 2.37. The SMILES string of the molecule is Cc1cc(N(C)CCNS(C)(=O)=O)c2cc(F)ccc2n1. The Morgan fingerprint density at radius 2 is 2.05 bits per heavy atom. The number of fused-ring (bicyclic) bond motifs is 1. The predicted molar refractivity (Wildman–Crippen MR) is 82.6 cm³/mol. The number of rotatable bonds is 5. The van der Waals surface area contributed by atoms with Crippen LogP contribution < -0.4 is 9.62 Å². The smallest absolute Gasteiger partial charge is 0.208 e. The molecular weight excluding hydrogens is 293 g/mol. The largest absolute Gasteiger partial charge is 0.373 e. The van der Waals surface area contributed by atoms with Crippen LogP contribution in [0, 0.1) is 12.7 Å². The third kappa shape index (κ3) is 4.12. The maximum absolute atomic E-state index is 13.5. The van der Waals surface area contributed by atoms with E-state index in [4.69, 9.17) is 0 Å². The molecule has 0 saturated carbocycles. The maximum Gasteiger partial charge on any atom is 0.208 e. The van der Waals surface area contributed by atoms with E-state index in [-0.39, 0.29) is 12.4 Å². The van der Waals surface area contributed by atoms with Crippen LogP contribution in [0.2, 0.25) is 0 Å². The summed E-state index contributed by atoms with van der Waals surface area (Å²) in [5.74, 6) is -0.322. The number of hydrogen-bond donors (Lipinski definition) is 1. The molecule has 0 aliphatic heterocycles. The normalized spacial score (nSPS) is 11.8. The molecule has 0 radical (unpaired) electrons. The van der Waals surface area contributed by atoms with Crippen molar-refractivity contribution in [3.05, 3.63) is 35.8 Å². The lowest BCUT2D eigenvalue weighted by atomic mass is 10.1. The minimum absolute atomic E-state index is 0.285. The number of hydrogen-bond acceptors (Lipinski definition) is 4. The van der Waals surface area contributed by atoms with Gasteiger partial charge in [-0.25, -0.2) is 17.5 Å². The Kier molecular flexibility index (Phi) is 4.43. The first kappa shape index (κ1) is 15.7. The molecule has 0 atom stereocenters. The second-order valence-electron chi connectivity index (χ2n) is 5.03. The van der Waals surface area contributed by atoms with E-state index < -0.39 is 10.0 Å². The zero-order valence-corrected chi connectivity index (χ0v) is 13.0. The first-order valence-corrected chi connectivity index (χ1v) is 8.38. The zero-order valence-electron chi connectivity index (χ0n) is 12.2. The lowest BCUT2D eigenvalue weighted by Crippen LogP contribution is -2.32. The number of likely N-dealkylation sites (N-methyl/N-ethyl adjacent to an activating group) is 1. The van der Waals surface area contributed by atoms with E-state index in [1.54, 1.807) is 6.07 Å². The Morgan fingerprint density at radius 3 is 2.71 bits per heavy atom. The molecule has 21 heavy (non-hydrogen) atoms. The van der Waals surface area contributed by atoms with Crippen molar-refractivity contribution in [3.8, 4) is 0 Å². The molecule has 1 aromatic carbocycles. The molecule has 5 nitrogen and oxygen atoms in total. The Bertz CT molecular complexity index is 762. The van der Waals surface area contributed by atoms with Crippen LogP contribution >= 0.6 is 0 Å². The van der Waals surface area contributed by atoms with Crippen LogP contribution in [-0.2, 0) is 10.0 Å². The van der Waals surface area contributed by atoms with Crippen molar-refractivity contribution in [2.75, 3.05) is 31.3 Å². The number of nitrogens with zero attached hydrogens (tertiary/aromatic N) is 2. The van der Waals surface area contributed by atoms with Crippen LogP contribution in [0.5, 0.6) is 0 Å². The average molecular weight is 311 g/mol. The summed E-state index contributed by atoms with van der Waals surface area (Å²) in [7, 11) is -1.37. The van der Waals surface area contributed by atoms with Gasteiger partial charge >= 0.3 is 0 Å². The number of pyridine rings is 1. The summed E-state index contributed by atoms with van der Waals surface area (Å²) in [5, 5.41) is 0.711. The Hall–Kier alpha value is -1.73. The lowest BCUT2D eigenvalue weighted by molar-refractivity contribution is 0.588. The number of aryl methyl sites for hydroxylation is 1. The summed E-state index contributed by atoms with van der Waals surface area (Å²) in [6, 6.07) is 6.33. The fourth-order valence-electron chi connectivity index (χ4n) is 2.14. The van der Waals surface area contributed by atoms with Gasteiger partial charge in [0.1, 0.15) is 5.82 Å². The third-order valence-electron chi connectivity index (χ3n) is 3.10. The maximum atomic E-state index is 13.5. The molecule has 0 spiro atoms. The van der Waals surface area contributed by atoms with Crippen LogP contribution in [-0.4, -0.2) is 39.8 Å². The molecule has 7 heteroatoms. The van der Waals surface area contributed by atoms with Gasteiger partial charge in [-0.1, -0.05) is 0 Å². The summed E-state index contributed by atoms with van der Waals surface area (Å²) in [6.07, 6.45) is 1.12. The van der Waals surface area contributed by atoms with E-state index in [0.29, 0.717) is 17.4 Å². The highest BCUT2D eigenvalue weighted by Crippen LogP contribution is 2.26. The van der Waals surface area contributed by atoms with Crippen LogP contribution in [0.3, 0.4) is 0 Å². The molecule has 0 saturated heterocycles. The molecular formula is C14H18FN3O2S. The summed E-state index contributed by atoms with van der Waals surface area (Å²) in [4.78, 5) is 6.26. The van der Waals surface area contributed by atoms with Crippen LogP contribution in [0.25, 0.3) is 10.9 Å². The number of nitrogens with one attached hydrogen (secondary N) is 1. The molecule has 2 aromatic rings. The standard InChI is InChI=1S/C14H18FN3O2S/c1-10-8-14(18(2)7-6-16-21(3,19)20)12-9-11(15)4-5-13(12)17-10/h4-5,8-9,16H,6-7H2,1-3H3.